The Bertz CT molecular complexity index is 790. The van der Waals surface area contributed by atoms with Gasteiger partial charge in [-0.15, -0.1) is 0 Å². The van der Waals surface area contributed by atoms with Gasteiger partial charge in [0.25, 0.3) is 5.91 Å². The van der Waals surface area contributed by atoms with Crippen LogP contribution in [0.4, 0.5) is 0 Å². The lowest BCUT2D eigenvalue weighted by molar-refractivity contribution is 0.0414. The van der Waals surface area contributed by atoms with Crippen LogP contribution >= 0.6 is 22.6 Å². The van der Waals surface area contributed by atoms with E-state index in [2.05, 4.69) is 55.0 Å². The van der Waals surface area contributed by atoms with Crippen LogP contribution in [0.5, 0.6) is 0 Å². The molecular weight excluding hydrogens is 441 g/mol. The lowest BCUT2D eigenvalue weighted by Gasteiger charge is -2.45. The molecule has 2 aliphatic rings. The first-order chi connectivity index (χ1) is 12.6. The number of nitrogens with zero attached hydrogens (tertiary/aromatic N) is 3. The lowest BCUT2D eigenvalue weighted by Crippen LogP contribution is -2.59. The zero-order valence-electron chi connectivity index (χ0n) is 15.2. The smallest absolute Gasteiger partial charge is 0.251 e. The molecule has 140 valence electrons. The summed E-state index contributed by atoms with van der Waals surface area (Å²) in [5, 5.41) is 11.4. The minimum Gasteiger partial charge on any atom is -0.350 e. The molecule has 2 heterocycles. The van der Waals surface area contributed by atoms with Crippen LogP contribution in [0.3, 0.4) is 0 Å². The first kappa shape index (κ1) is 18.2. The van der Waals surface area contributed by atoms with Gasteiger partial charge in [0.05, 0.1) is 5.52 Å². The third-order valence-corrected chi connectivity index (χ3v) is 6.88. The molecule has 2 N–H and O–H groups in total. The maximum atomic E-state index is 12.8. The van der Waals surface area contributed by atoms with Crippen molar-refractivity contribution < 1.29 is 4.79 Å². The summed E-state index contributed by atoms with van der Waals surface area (Å²) >= 11 is 2.22. The first-order valence-corrected chi connectivity index (χ1v) is 10.5. The Morgan fingerprint density at radius 2 is 2.00 bits per heavy atom. The van der Waals surface area contributed by atoms with E-state index >= 15 is 0 Å². The summed E-state index contributed by atoms with van der Waals surface area (Å²) in [5.41, 5.74) is 1.75. The van der Waals surface area contributed by atoms with Gasteiger partial charge in [-0.3, -0.25) is 14.8 Å². The van der Waals surface area contributed by atoms with E-state index in [1.165, 1.54) is 25.7 Å². The minimum absolute atomic E-state index is 0.0179. The van der Waals surface area contributed by atoms with Crippen molar-refractivity contribution in [2.45, 2.75) is 31.2 Å². The zero-order valence-corrected chi connectivity index (χ0v) is 17.4. The summed E-state index contributed by atoms with van der Waals surface area (Å²) < 4.78 is 0.969. The van der Waals surface area contributed by atoms with Crippen LogP contribution in [0.15, 0.2) is 18.2 Å². The minimum atomic E-state index is 0.0179. The third kappa shape index (κ3) is 3.48. The molecule has 2 aromatic rings. The Kier molecular flexibility index (Phi) is 5.20. The number of halogens is 1. The number of amides is 1. The fourth-order valence-electron chi connectivity index (χ4n) is 4.39. The molecule has 1 aliphatic heterocycles. The maximum Gasteiger partial charge on any atom is 0.251 e. The van der Waals surface area contributed by atoms with Crippen LogP contribution < -0.4 is 5.32 Å². The number of likely N-dealkylation sites (N-methyl/N-ethyl adjacent to an activating group) is 1. The molecule has 0 radical (unpaired) electrons. The molecule has 6 nitrogen and oxygen atoms in total. The quantitative estimate of drug-likeness (QED) is 0.679. The van der Waals surface area contributed by atoms with Gasteiger partial charge in [0.15, 0.2) is 0 Å². The SMILES string of the molecule is CN1CCN(C2(CNC(=O)c3ccc4n[nH]c(I)c4c3)CCCC2)CC1. The van der Waals surface area contributed by atoms with Crippen molar-refractivity contribution in [3.05, 3.63) is 27.5 Å². The lowest BCUT2D eigenvalue weighted by atomic mass is 9.93. The van der Waals surface area contributed by atoms with Gasteiger partial charge < -0.3 is 10.2 Å². The number of aromatic amines is 1. The molecule has 26 heavy (non-hydrogen) atoms. The molecule has 0 unspecified atom stereocenters. The van der Waals surface area contributed by atoms with E-state index in [4.69, 9.17) is 0 Å². The predicted molar refractivity (Wildman–Crippen MR) is 111 cm³/mol. The summed E-state index contributed by atoms with van der Waals surface area (Å²) in [7, 11) is 2.19. The van der Waals surface area contributed by atoms with E-state index in [1.54, 1.807) is 0 Å². The fourth-order valence-corrected chi connectivity index (χ4v) is 4.94. The van der Waals surface area contributed by atoms with E-state index in [9.17, 15) is 4.79 Å². The van der Waals surface area contributed by atoms with Crippen LogP contribution in [0.2, 0.25) is 0 Å². The Balaban J connectivity index is 1.46. The highest BCUT2D eigenvalue weighted by molar-refractivity contribution is 14.1. The van der Waals surface area contributed by atoms with Gasteiger partial charge in [-0.2, -0.15) is 5.10 Å². The summed E-state index contributed by atoms with van der Waals surface area (Å²) in [6, 6.07) is 5.72. The molecule has 1 saturated carbocycles. The normalized spacial score (nSPS) is 21.3. The summed E-state index contributed by atoms with van der Waals surface area (Å²) in [6.07, 6.45) is 4.91. The van der Waals surface area contributed by atoms with E-state index in [1.807, 2.05) is 18.2 Å². The number of carbonyl (C=O) groups excluding carboxylic acids is 1. The first-order valence-electron chi connectivity index (χ1n) is 9.43. The van der Waals surface area contributed by atoms with Gasteiger partial charge in [-0.25, -0.2) is 0 Å². The van der Waals surface area contributed by atoms with Gasteiger partial charge in [-0.1, -0.05) is 12.8 Å². The standard InChI is InChI=1S/C19H26IN5O/c1-24-8-10-25(11-9-24)19(6-2-3-7-19)13-21-18(26)14-4-5-16-15(12-14)17(20)23-22-16/h4-5,12H,2-3,6-11,13H2,1H3,(H,21,26)(H,22,23). The molecule has 4 rings (SSSR count). The van der Waals surface area contributed by atoms with Crippen molar-refractivity contribution in [1.82, 2.24) is 25.3 Å². The van der Waals surface area contributed by atoms with Crippen molar-refractivity contribution in [3.63, 3.8) is 0 Å². The van der Waals surface area contributed by atoms with Crippen molar-refractivity contribution in [2.24, 2.45) is 0 Å². The molecule has 1 aromatic heterocycles. The van der Waals surface area contributed by atoms with Crippen molar-refractivity contribution in [1.29, 1.82) is 0 Å². The second-order valence-electron chi connectivity index (χ2n) is 7.67. The molecule has 1 aromatic carbocycles. The highest BCUT2D eigenvalue weighted by atomic mass is 127. The number of benzene rings is 1. The van der Waals surface area contributed by atoms with E-state index in [-0.39, 0.29) is 11.4 Å². The monoisotopic (exact) mass is 467 g/mol. The average Bonchev–Trinajstić information content (AvgIpc) is 3.28. The molecule has 0 atom stereocenters. The van der Waals surface area contributed by atoms with Gasteiger partial charge in [0.2, 0.25) is 0 Å². The van der Waals surface area contributed by atoms with Crippen LogP contribution in [0.1, 0.15) is 36.0 Å². The largest absolute Gasteiger partial charge is 0.350 e. The second-order valence-corrected chi connectivity index (χ2v) is 8.75. The molecule has 7 heteroatoms. The van der Waals surface area contributed by atoms with Gasteiger partial charge in [0, 0.05) is 49.2 Å². The van der Waals surface area contributed by atoms with Crippen LogP contribution in [0, 0.1) is 3.70 Å². The number of hydrogen-bond acceptors (Lipinski definition) is 4. The number of piperazine rings is 1. The Morgan fingerprint density at radius 3 is 2.73 bits per heavy atom. The van der Waals surface area contributed by atoms with Crippen LogP contribution in [-0.2, 0) is 0 Å². The molecule has 1 aliphatic carbocycles. The summed E-state index contributed by atoms with van der Waals surface area (Å²) in [4.78, 5) is 17.8. The van der Waals surface area contributed by atoms with Gasteiger partial charge in [-0.05, 0) is 60.7 Å². The number of H-pyrrole nitrogens is 1. The van der Waals surface area contributed by atoms with Crippen molar-refractivity contribution >= 4 is 39.4 Å². The van der Waals surface area contributed by atoms with E-state index < -0.39 is 0 Å². The highest BCUT2D eigenvalue weighted by Crippen LogP contribution is 2.35. The van der Waals surface area contributed by atoms with Crippen molar-refractivity contribution in [3.8, 4) is 0 Å². The number of rotatable bonds is 4. The molecule has 0 spiro atoms. The number of aromatic nitrogens is 2. The molecule has 0 bridgehead atoms. The fraction of sp³-hybridized carbons (Fsp3) is 0.579. The summed E-state index contributed by atoms with van der Waals surface area (Å²) in [6.45, 7) is 5.18. The summed E-state index contributed by atoms with van der Waals surface area (Å²) in [5.74, 6) is 0.0179. The van der Waals surface area contributed by atoms with Gasteiger partial charge in [0.1, 0.15) is 3.70 Å². The number of hydrogen-bond donors (Lipinski definition) is 2. The highest BCUT2D eigenvalue weighted by Gasteiger charge is 2.40. The second kappa shape index (κ2) is 7.44. The van der Waals surface area contributed by atoms with Crippen LogP contribution in [-0.4, -0.2) is 71.2 Å². The van der Waals surface area contributed by atoms with E-state index in [0.29, 0.717) is 5.56 Å². The Hall–Kier alpha value is -1.19. The topological polar surface area (TPSA) is 64.3 Å². The van der Waals surface area contributed by atoms with Crippen LogP contribution in [0.25, 0.3) is 10.9 Å². The number of nitrogens with one attached hydrogen (secondary N) is 2. The zero-order chi connectivity index (χ0) is 18.1. The molecule has 1 saturated heterocycles. The number of fused-ring (bicyclic) bond motifs is 1. The molecule has 1 amide bonds. The Morgan fingerprint density at radius 1 is 1.27 bits per heavy atom. The molecule has 2 fully saturated rings. The van der Waals surface area contributed by atoms with Crippen molar-refractivity contribution in [2.75, 3.05) is 39.8 Å². The average molecular weight is 467 g/mol. The third-order valence-electron chi connectivity index (χ3n) is 6.06. The maximum absolute atomic E-state index is 12.8. The Labute approximate surface area is 167 Å². The predicted octanol–water partition coefficient (Wildman–Crippen LogP) is 2.46. The number of carbonyl (C=O) groups is 1. The van der Waals surface area contributed by atoms with E-state index in [0.717, 1.165) is 47.3 Å². The molecular formula is C19H26IN5O. The van der Waals surface area contributed by atoms with Gasteiger partial charge >= 0.3 is 0 Å².